The first-order valence-electron chi connectivity index (χ1n) is 8.73. The molecule has 1 fully saturated rings. The Bertz CT molecular complexity index is 866. The molecule has 1 N–H and O–H groups in total. The number of piperidine rings is 1. The average molecular weight is 361 g/mol. The molecule has 1 aliphatic heterocycles. The Morgan fingerprint density at radius 2 is 2.15 bits per heavy atom. The van der Waals surface area contributed by atoms with Crippen LogP contribution in [-0.2, 0) is 6.42 Å². The first kappa shape index (κ1) is 18.2. The van der Waals surface area contributed by atoms with Crippen LogP contribution in [0.2, 0.25) is 0 Å². The zero-order valence-electron chi connectivity index (χ0n) is 14.6. The second-order valence-electron chi connectivity index (χ2n) is 6.76. The van der Waals surface area contributed by atoms with Crippen molar-refractivity contribution in [2.24, 2.45) is 5.92 Å². The van der Waals surface area contributed by atoms with Crippen LogP contribution in [0.5, 0.6) is 0 Å². The highest BCUT2D eigenvalue weighted by Gasteiger charge is 2.26. The van der Waals surface area contributed by atoms with E-state index in [1.165, 1.54) is 12.3 Å². The Morgan fingerprint density at radius 3 is 2.88 bits per heavy atom. The van der Waals surface area contributed by atoms with Crippen LogP contribution in [0.15, 0.2) is 29.2 Å². The van der Waals surface area contributed by atoms with Crippen LogP contribution < -0.4 is 5.56 Å². The van der Waals surface area contributed by atoms with Gasteiger partial charge in [0.05, 0.1) is 0 Å². The maximum absolute atomic E-state index is 13.3. The van der Waals surface area contributed by atoms with Crippen molar-refractivity contribution < 1.29 is 13.6 Å². The fraction of sp³-hybridized carbons (Fsp3) is 0.421. The van der Waals surface area contributed by atoms with E-state index in [0.717, 1.165) is 30.9 Å². The molecule has 3 rings (SSSR count). The second kappa shape index (κ2) is 7.76. The predicted molar refractivity (Wildman–Crippen MR) is 92.9 cm³/mol. The highest BCUT2D eigenvalue weighted by atomic mass is 19.2. The molecule has 0 aliphatic carbocycles. The third kappa shape index (κ3) is 4.15. The number of H-pyrrole nitrogens is 1. The molecule has 0 saturated carbocycles. The maximum Gasteiger partial charge on any atom is 0.263 e. The van der Waals surface area contributed by atoms with Crippen LogP contribution in [0.25, 0.3) is 0 Å². The first-order chi connectivity index (χ1) is 12.4. The minimum absolute atomic E-state index is 0.0526. The summed E-state index contributed by atoms with van der Waals surface area (Å²) in [6.45, 7) is 2.81. The van der Waals surface area contributed by atoms with Gasteiger partial charge in [-0.25, -0.2) is 13.8 Å². The Morgan fingerprint density at radius 1 is 1.35 bits per heavy atom. The Hall–Kier alpha value is -2.57. The largest absolute Gasteiger partial charge is 0.338 e. The quantitative estimate of drug-likeness (QED) is 0.911. The van der Waals surface area contributed by atoms with E-state index in [2.05, 4.69) is 9.97 Å². The van der Waals surface area contributed by atoms with E-state index >= 15 is 0 Å². The molecular formula is C19H21F2N3O2. The molecule has 0 radical (unpaired) electrons. The zero-order chi connectivity index (χ0) is 18.7. The second-order valence-corrected chi connectivity index (χ2v) is 6.76. The summed E-state index contributed by atoms with van der Waals surface area (Å²) in [4.78, 5) is 32.8. The van der Waals surface area contributed by atoms with Crippen LogP contribution in [0, 0.1) is 24.5 Å². The van der Waals surface area contributed by atoms with Crippen LogP contribution in [-0.4, -0.2) is 33.9 Å². The lowest BCUT2D eigenvalue weighted by atomic mass is 9.91. The van der Waals surface area contributed by atoms with Gasteiger partial charge in [0.2, 0.25) is 0 Å². The molecule has 0 bridgehead atoms. The molecule has 1 saturated heterocycles. The number of benzene rings is 1. The lowest BCUT2D eigenvalue weighted by Gasteiger charge is -2.32. The number of nitrogens with one attached hydrogen (secondary N) is 1. The third-order valence-electron chi connectivity index (χ3n) is 4.79. The fourth-order valence-electron chi connectivity index (χ4n) is 3.36. The van der Waals surface area contributed by atoms with Gasteiger partial charge in [-0.1, -0.05) is 6.07 Å². The van der Waals surface area contributed by atoms with Crippen molar-refractivity contribution in [1.82, 2.24) is 14.9 Å². The molecule has 0 spiro atoms. The van der Waals surface area contributed by atoms with Gasteiger partial charge in [0.15, 0.2) is 11.6 Å². The van der Waals surface area contributed by atoms with E-state index in [1.807, 2.05) is 0 Å². The number of carbonyl (C=O) groups is 1. The van der Waals surface area contributed by atoms with Crippen LogP contribution in [0.3, 0.4) is 0 Å². The van der Waals surface area contributed by atoms with Gasteiger partial charge in [0.25, 0.3) is 11.5 Å². The summed E-state index contributed by atoms with van der Waals surface area (Å²) in [7, 11) is 0. The Kier molecular flexibility index (Phi) is 5.44. The number of aryl methyl sites for hydroxylation is 2. The number of halogens is 2. The lowest BCUT2D eigenvalue weighted by molar-refractivity contribution is 0.0666. The molecule has 1 aliphatic rings. The van der Waals surface area contributed by atoms with Gasteiger partial charge in [-0.3, -0.25) is 9.59 Å². The molecule has 1 atom stereocenters. The maximum atomic E-state index is 13.3. The minimum Gasteiger partial charge on any atom is -0.338 e. The first-order valence-corrected chi connectivity index (χ1v) is 8.73. The summed E-state index contributed by atoms with van der Waals surface area (Å²) in [5.41, 5.74) is 0.370. The van der Waals surface area contributed by atoms with Gasteiger partial charge in [-0.05, 0) is 56.2 Å². The number of rotatable bonds is 4. The van der Waals surface area contributed by atoms with Gasteiger partial charge in [0, 0.05) is 19.3 Å². The zero-order valence-corrected chi connectivity index (χ0v) is 14.6. The number of aromatic amines is 1. The topological polar surface area (TPSA) is 66.1 Å². The summed E-state index contributed by atoms with van der Waals surface area (Å²) >= 11 is 0. The van der Waals surface area contributed by atoms with Crippen LogP contribution in [0.1, 0.15) is 41.0 Å². The van der Waals surface area contributed by atoms with Crippen molar-refractivity contribution in [3.05, 3.63) is 63.3 Å². The summed E-state index contributed by atoms with van der Waals surface area (Å²) in [5.74, 6) is -1.27. The van der Waals surface area contributed by atoms with Crippen LogP contribution >= 0.6 is 0 Å². The molecular weight excluding hydrogens is 340 g/mol. The van der Waals surface area contributed by atoms with Gasteiger partial charge in [-0.15, -0.1) is 0 Å². The molecule has 2 heterocycles. The molecule has 5 nitrogen and oxygen atoms in total. The van der Waals surface area contributed by atoms with Gasteiger partial charge in [0.1, 0.15) is 11.4 Å². The molecule has 7 heteroatoms. The summed E-state index contributed by atoms with van der Waals surface area (Å²) in [5, 5.41) is 0. The molecule has 1 amide bonds. The number of likely N-dealkylation sites (tertiary alicyclic amines) is 1. The number of amides is 1. The van der Waals surface area contributed by atoms with Crippen molar-refractivity contribution in [2.75, 3.05) is 13.1 Å². The Labute approximate surface area is 150 Å². The number of aromatic nitrogens is 2. The summed E-state index contributed by atoms with van der Waals surface area (Å²) in [6.07, 6.45) is 4.54. The molecule has 1 aromatic heterocycles. The highest BCUT2D eigenvalue weighted by molar-refractivity contribution is 5.93. The third-order valence-corrected chi connectivity index (χ3v) is 4.79. The number of hydrogen-bond acceptors (Lipinski definition) is 3. The lowest BCUT2D eigenvalue weighted by Crippen LogP contribution is -2.42. The van der Waals surface area contributed by atoms with Gasteiger partial charge < -0.3 is 9.88 Å². The van der Waals surface area contributed by atoms with E-state index < -0.39 is 17.2 Å². The Balaban J connectivity index is 1.62. The van der Waals surface area contributed by atoms with E-state index in [-0.39, 0.29) is 17.4 Å². The summed E-state index contributed by atoms with van der Waals surface area (Å²) in [6, 6.07) is 3.94. The molecule has 1 aromatic carbocycles. The SMILES string of the molecule is Cc1ncc(C(=O)N2CCC[C@H](CCc3ccc(F)c(F)c3)C2)c(=O)[nH]1. The normalized spacial score (nSPS) is 17.3. The van der Waals surface area contributed by atoms with Crippen molar-refractivity contribution in [3.63, 3.8) is 0 Å². The molecule has 26 heavy (non-hydrogen) atoms. The molecule has 0 unspecified atom stereocenters. The fourth-order valence-corrected chi connectivity index (χ4v) is 3.36. The number of hydrogen-bond donors (Lipinski definition) is 1. The molecule has 2 aromatic rings. The highest BCUT2D eigenvalue weighted by Crippen LogP contribution is 2.23. The standard InChI is InChI=1S/C19H21F2N3O2/c1-12-22-10-15(18(25)23-12)19(26)24-8-2-3-14(11-24)5-4-13-6-7-16(20)17(21)9-13/h6-7,9-10,14H,2-5,8,11H2,1H3,(H,22,23,25)/t14-/m1/s1. The number of carbonyl (C=O) groups excluding carboxylic acids is 1. The van der Waals surface area contributed by atoms with Crippen molar-refractivity contribution in [2.45, 2.75) is 32.6 Å². The van der Waals surface area contributed by atoms with Gasteiger partial charge >= 0.3 is 0 Å². The molecule has 138 valence electrons. The summed E-state index contributed by atoms with van der Waals surface area (Å²) < 4.78 is 26.3. The predicted octanol–water partition coefficient (Wildman–Crippen LogP) is 2.84. The van der Waals surface area contributed by atoms with Crippen molar-refractivity contribution in [3.8, 4) is 0 Å². The monoisotopic (exact) mass is 361 g/mol. The number of nitrogens with zero attached hydrogens (tertiary/aromatic N) is 2. The van der Waals surface area contributed by atoms with E-state index in [1.54, 1.807) is 17.9 Å². The van der Waals surface area contributed by atoms with Crippen LogP contribution in [0.4, 0.5) is 8.78 Å². The van der Waals surface area contributed by atoms with E-state index in [9.17, 15) is 18.4 Å². The van der Waals surface area contributed by atoms with Crippen molar-refractivity contribution >= 4 is 5.91 Å². The van der Waals surface area contributed by atoms with E-state index in [4.69, 9.17) is 0 Å². The smallest absolute Gasteiger partial charge is 0.263 e. The van der Waals surface area contributed by atoms with E-state index in [0.29, 0.717) is 25.3 Å². The van der Waals surface area contributed by atoms with Gasteiger partial charge in [-0.2, -0.15) is 0 Å². The van der Waals surface area contributed by atoms with Crippen molar-refractivity contribution in [1.29, 1.82) is 0 Å². The minimum atomic E-state index is -0.847. The average Bonchev–Trinajstić information content (AvgIpc) is 2.62.